The van der Waals surface area contributed by atoms with E-state index in [0.29, 0.717) is 12.8 Å². The average molecular weight is 478 g/mol. The van der Waals surface area contributed by atoms with Crippen LogP contribution in [0.15, 0.2) is 97.3 Å². The molecule has 1 fully saturated rings. The van der Waals surface area contributed by atoms with E-state index in [2.05, 4.69) is 4.98 Å². The molecule has 1 aliphatic rings. The zero-order valence-corrected chi connectivity index (χ0v) is 20.1. The molecule has 1 N–H and O–H groups in total. The van der Waals surface area contributed by atoms with Crippen LogP contribution >= 0.6 is 0 Å². The first-order chi connectivity index (χ1) is 17.5. The Morgan fingerprint density at radius 1 is 0.889 bits per heavy atom. The number of aromatic nitrogens is 1. The fraction of sp³-hybridized carbons (Fsp3) is 0.194. The molecule has 0 amide bonds. The smallest absolute Gasteiger partial charge is 0.314 e. The number of rotatable bonds is 8. The summed E-state index contributed by atoms with van der Waals surface area (Å²) < 4.78 is 5.66. The number of hydrogen-bond acceptors (Lipinski definition) is 4. The number of carbonyl (C=O) groups is 2. The van der Waals surface area contributed by atoms with Crippen LogP contribution in [0.3, 0.4) is 0 Å². The van der Waals surface area contributed by atoms with Crippen LogP contribution in [0, 0.1) is 0 Å². The molecule has 0 unspecified atom stereocenters. The van der Waals surface area contributed by atoms with Gasteiger partial charge in [0.15, 0.2) is 0 Å². The standard InChI is InChI=1S/C31H27NO4/c1-21(22-5-3-2-4-6-22)36-29(33)19-26-20-32-18-15-28(26)25-9-7-23(8-10-25)24-11-13-27(14-12-24)31(16-17-31)30(34)35/h2-15,18,20-21H,16-17,19H2,1H3,(H,34,35)/t21-/m1/s1. The Morgan fingerprint density at radius 3 is 2.11 bits per heavy atom. The third-order valence-electron chi connectivity index (χ3n) is 6.94. The van der Waals surface area contributed by atoms with E-state index >= 15 is 0 Å². The summed E-state index contributed by atoms with van der Waals surface area (Å²) in [6.45, 7) is 1.87. The SMILES string of the molecule is C[C@@H](OC(=O)Cc1cnccc1-c1ccc(-c2ccc(C3(C(=O)O)CC3)cc2)cc1)c1ccccc1. The van der Waals surface area contributed by atoms with E-state index < -0.39 is 11.4 Å². The molecule has 0 radical (unpaired) electrons. The lowest BCUT2D eigenvalue weighted by atomic mass is 9.93. The number of carboxylic acid groups (broad SMARTS) is 1. The Morgan fingerprint density at radius 2 is 1.50 bits per heavy atom. The number of hydrogen-bond donors (Lipinski definition) is 1. The number of aliphatic carboxylic acids is 1. The molecule has 5 rings (SSSR count). The lowest BCUT2D eigenvalue weighted by Gasteiger charge is -2.15. The van der Waals surface area contributed by atoms with Crippen molar-refractivity contribution in [2.75, 3.05) is 0 Å². The lowest BCUT2D eigenvalue weighted by molar-refractivity contribution is -0.147. The Labute approximate surface area is 210 Å². The zero-order chi connectivity index (χ0) is 25.1. The van der Waals surface area contributed by atoms with Crippen LogP contribution < -0.4 is 0 Å². The fourth-order valence-corrected chi connectivity index (χ4v) is 4.61. The topological polar surface area (TPSA) is 76.5 Å². The second kappa shape index (κ2) is 9.78. The first-order valence-electron chi connectivity index (χ1n) is 12.1. The molecule has 4 aromatic rings. The van der Waals surface area contributed by atoms with Gasteiger partial charge in [0.25, 0.3) is 0 Å². The van der Waals surface area contributed by atoms with E-state index in [1.165, 1.54) is 0 Å². The molecule has 5 nitrogen and oxygen atoms in total. The van der Waals surface area contributed by atoms with Crippen LogP contribution in [0.25, 0.3) is 22.3 Å². The molecule has 1 saturated carbocycles. The van der Waals surface area contributed by atoms with Crippen molar-refractivity contribution in [3.05, 3.63) is 114 Å². The third-order valence-corrected chi connectivity index (χ3v) is 6.94. The van der Waals surface area contributed by atoms with E-state index in [1.807, 2.05) is 91.9 Å². The van der Waals surface area contributed by atoms with E-state index in [9.17, 15) is 14.7 Å². The van der Waals surface area contributed by atoms with Crippen LogP contribution in [-0.4, -0.2) is 22.0 Å². The maximum atomic E-state index is 12.7. The summed E-state index contributed by atoms with van der Waals surface area (Å²) in [5, 5.41) is 9.52. The molecule has 1 heterocycles. The summed E-state index contributed by atoms with van der Waals surface area (Å²) in [5.74, 6) is -1.04. The minimum absolute atomic E-state index is 0.134. The van der Waals surface area contributed by atoms with Crippen molar-refractivity contribution in [3.63, 3.8) is 0 Å². The molecule has 0 saturated heterocycles. The van der Waals surface area contributed by atoms with E-state index in [4.69, 9.17) is 4.74 Å². The van der Waals surface area contributed by atoms with Crippen LogP contribution in [0.4, 0.5) is 0 Å². The minimum atomic E-state index is -0.744. The monoisotopic (exact) mass is 477 g/mol. The predicted molar refractivity (Wildman–Crippen MR) is 138 cm³/mol. The Kier molecular flexibility index (Phi) is 6.38. The normalized spacial score (nSPS) is 14.6. The van der Waals surface area contributed by atoms with Gasteiger partial charge in [0, 0.05) is 12.4 Å². The third kappa shape index (κ3) is 4.78. The first kappa shape index (κ1) is 23.5. The average Bonchev–Trinajstić information content (AvgIpc) is 3.72. The van der Waals surface area contributed by atoms with Crippen molar-refractivity contribution in [2.24, 2.45) is 0 Å². The van der Waals surface area contributed by atoms with Gasteiger partial charge in [0.1, 0.15) is 6.10 Å². The molecular formula is C31H27NO4. The van der Waals surface area contributed by atoms with Crippen LogP contribution in [0.2, 0.25) is 0 Å². The number of carbonyl (C=O) groups excluding carboxylic acids is 1. The minimum Gasteiger partial charge on any atom is -0.481 e. The van der Waals surface area contributed by atoms with Crippen molar-refractivity contribution < 1.29 is 19.4 Å². The summed E-state index contributed by atoms with van der Waals surface area (Å²) in [7, 11) is 0. The van der Waals surface area contributed by atoms with Crippen molar-refractivity contribution in [3.8, 4) is 22.3 Å². The number of nitrogens with zero attached hydrogens (tertiary/aromatic N) is 1. The van der Waals surface area contributed by atoms with Crippen LogP contribution in [0.1, 0.15) is 42.6 Å². The van der Waals surface area contributed by atoms with Crippen molar-refractivity contribution in [2.45, 2.75) is 37.7 Å². The summed E-state index contributed by atoms with van der Waals surface area (Å²) >= 11 is 0. The first-order valence-corrected chi connectivity index (χ1v) is 12.1. The largest absolute Gasteiger partial charge is 0.481 e. The van der Waals surface area contributed by atoms with Gasteiger partial charge in [0.2, 0.25) is 0 Å². The predicted octanol–water partition coefficient (Wildman–Crippen LogP) is 6.38. The van der Waals surface area contributed by atoms with Gasteiger partial charge in [0.05, 0.1) is 11.8 Å². The summed E-state index contributed by atoms with van der Waals surface area (Å²) in [4.78, 5) is 28.5. The van der Waals surface area contributed by atoms with Gasteiger partial charge in [-0.05, 0) is 64.8 Å². The quantitative estimate of drug-likeness (QED) is 0.298. The summed E-state index contributed by atoms with van der Waals surface area (Å²) in [6.07, 6.45) is 4.64. The highest BCUT2D eigenvalue weighted by atomic mass is 16.5. The van der Waals surface area contributed by atoms with Gasteiger partial charge in [-0.25, -0.2) is 0 Å². The Balaban J connectivity index is 1.30. The fourth-order valence-electron chi connectivity index (χ4n) is 4.61. The van der Waals surface area contributed by atoms with Crippen molar-refractivity contribution >= 4 is 11.9 Å². The highest BCUT2D eigenvalue weighted by Gasteiger charge is 2.51. The lowest BCUT2D eigenvalue weighted by Crippen LogP contribution is -2.19. The van der Waals surface area contributed by atoms with Crippen LogP contribution in [-0.2, 0) is 26.2 Å². The molecule has 3 aromatic carbocycles. The zero-order valence-electron chi connectivity index (χ0n) is 20.1. The molecule has 0 bridgehead atoms. The molecule has 5 heteroatoms. The molecule has 0 aliphatic heterocycles. The molecule has 36 heavy (non-hydrogen) atoms. The highest BCUT2D eigenvalue weighted by Crippen LogP contribution is 2.48. The summed E-state index contributed by atoms with van der Waals surface area (Å²) in [6, 6.07) is 27.5. The highest BCUT2D eigenvalue weighted by molar-refractivity contribution is 5.85. The van der Waals surface area contributed by atoms with Crippen molar-refractivity contribution in [1.29, 1.82) is 0 Å². The van der Waals surface area contributed by atoms with E-state index in [-0.39, 0.29) is 18.5 Å². The van der Waals surface area contributed by atoms with Gasteiger partial charge in [-0.2, -0.15) is 0 Å². The Bertz CT molecular complexity index is 1370. The second-order valence-electron chi connectivity index (χ2n) is 9.29. The number of ether oxygens (including phenoxy) is 1. The number of benzene rings is 3. The maximum absolute atomic E-state index is 12.7. The second-order valence-corrected chi connectivity index (χ2v) is 9.29. The van der Waals surface area contributed by atoms with Gasteiger partial charge < -0.3 is 9.84 Å². The number of carboxylic acids is 1. The van der Waals surface area contributed by atoms with E-state index in [0.717, 1.165) is 38.9 Å². The number of pyridine rings is 1. The Hall–Kier alpha value is -4.25. The van der Waals surface area contributed by atoms with Gasteiger partial charge >= 0.3 is 11.9 Å². The maximum Gasteiger partial charge on any atom is 0.314 e. The van der Waals surface area contributed by atoms with Gasteiger partial charge in [-0.1, -0.05) is 78.9 Å². The molecule has 1 atom stereocenters. The number of esters is 1. The molecule has 180 valence electrons. The van der Waals surface area contributed by atoms with Crippen molar-refractivity contribution in [1.82, 2.24) is 4.98 Å². The summed E-state index contributed by atoms with van der Waals surface area (Å²) in [5.41, 5.74) is 5.93. The molecule has 0 spiro atoms. The van der Waals surface area contributed by atoms with E-state index in [1.54, 1.807) is 12.4 Å². The van der Waals surface area contributed by atoms with Gasteiger partial charge in [-0.3, -0.25) is 14.6 Å². The molecular weight excluding hydrogens is 450 g/mol. The molecule has 1 aliphatic carbocycles. The molecule has 1 aromatic heterocycles. The van der Waals surface area contributed by atoms with Crippen LogP contribution in [0.5, 0.6) is 0 Å². The van der Waals surface area contributed by atoms with Gasteiger partial charge in [-0.15, -0.1) is 0 Å².